The Kier molecular flexibility index (Phi) is 7.51. The van der Waals surface area contributed by atoms with Gasteiger partial charge in [0.2, 0.25) is 0 Å². The van der Waals surface area contributed by atoms with E-state index in [0.717, 1.165) is 37.0 Å². The highest BCUT2D eigenvalue weighted by Crippen LogP contribution is 2.17. The number of benzene rings is 1. The fraction of sp³-hybridized carbons (Fsp3) is 0.571. The summed E-state index contributed by atoms with van der Waals surface area (Å²) in [7, 11) is 3.87. The minimum atomic E-state index is 0.114. The van der Waals surface area contributed by atoms with E-state index in [4.69, 9.17) is 10.5 Å². The van der Waals surface area contributed by atoms with Crippen LogP contribution < -0.4 is 5.73 Å². The van der Waals surface area contributed by atoms with E-state index >= 15 is 0 Å². The van der Waals surface area contributed by atoms with Crippen molar-refractivity contribution in [3.63, 3.8) is 0 Å². The smallest absolute Gasteiger partial charge is 0.0474 e. The summed E-state index contributed by atoms with van der Waals surface area (Å²) in [5.41, 5.74) is 7.38. The van der Waals surface area contributed by atoms with E-state index in [1.165, 1.54) is 5.56 Å². The fourth-order valence-corrected chi connectivity index (χ4v) is 2.09. The maximum Gasteiger partial charge on any atom is 0.0474 e. The number of hydrogen-bond acceptors (Lipinski definition) is 3. The molecule has 1 atom stereocenters. The zero-order valence-electron chi connectivity index (χ0n) is 11.2. The first-order chi connectivity index (χ1) is 8.63. The second-order valence-corrected chi connectivity index (χ2v) is 5.51. The monoisotopic (exact) mass is 314 g/mol. The number of halogens is 1. The second kappa shape index (κ2) is 8.64. The first kappa shape index (κ1) is 15.6. The number of nitrogens with two attached hydrogens (primary N) is 1. The van der Waals surface area contributed by atoms with Gasteiger partial charge in [-0.25, -0.2) is 0 Å². The molecule has 1 aromatic carbocycles. The van der Waals surface area contributed by atoms with Gasteiger partial charge in [0.1, 0.15) is 0 Å². The molecule has 0 bridgehead atoms. The van der Waals surface area contributed by atoms with Crippen molar-refractivity contribution < 1.29 is 4.74 Å². The predicted molar refractivity (Wildman–Crippen MR) is 79.7 cm³/mol. The molecule has 1 rings (SSSR count). The summed E-state index contributed by atoms with van der Waals surface area (Å²) in [6.07, 6.45) is 2.05. The molecule has 0 heterocycles. The van der Waals surface area contributed by atoms with Gasteiger partial charge in [-0.05, 0) is 44.1 Å². The molecule has 1 unspecified atom stereocenters. The van der Waals surface area contributed by atoms with Gasteiger partial charge in [0.15, 0.2) is 0 Å². The predicted octanol–water partition coefficient (Wildman–Crippen LogP) is 2.81. The maximum atomic E-state index is 6.18. The SMILES string of the molecule is COCCCN(C)CCC(N)c1ccc(Br)cc1. The molecule has 102 valence electrons. The van der Waals surface area contributed by atoms with Crippen LogP contribution in [0, 0.1) is 0 Å². The minimum Gasteiger partial charge on any atom is -0.385 e. The normalized spacial score (nSPS) is 12.9. The Hall–Kier alpha value is -0.420. The van der Waals surface area contributed by atoms with Crippen LogP contribution in [-0.4, -0.2) is 38.8 Å². The first-order valence-electron chi connectivity index (χ1n) is 6.32. The minimum absolute atomic E-state index is 0.114. The Balaban J connectivity index is 2.27. The molecule has 0 aliphatic heterocycles. The third-order valence-electron chi connectivity index (χ3n) is 3.01. The van der Waals surface area contributed by atoms with E-state index < -0.39 is 0 Å². The molecular weight excluding hydrogens is 292 g/mol. The molecule has 0 amide bonds. The second-order valence-electron chi connectivity index (χ2n) is 4.60. The van der Waals surface area contributed by atoms with E-state index in [9.17, 15) is 0 Å². The van der Waals surface area contributed by atoms with Crippen LogP contribution in [0.15, 0.2) is 28.7 Å². The summed E-state index contributed by atoms with van der Waals surface area (Å²) in [4.78, 5) is 2.30. The zero-order valence-corrected chi connectivity index (χ0v) is 12.8. The summed E-state index contributed by atoms with van der Waals surface area (Å²) >= 11 is 3.43. The van der Waals surface area contributed by atoms with Gasteiger partial charge < -0.3 is 15.4 Å². The van der Waals surface area contributed by atoms with Gasteiger partial charge in [-0.1, -0.05) is 28.1 Å². The van der Waals surface area contributed by atoms with Crippen molar-refractivity contribution in [3.8, 4) is 0 Å². The van der Waals surface area contributed by atoms with Crippen LogP contribution in [0.5, 0.6) is 0 Å². The number of methoxy groups -OCH3 is 1. The first-order valence-corrected chi connectivity index (χ1v) is 7.11. The van der Waals surface area contributed by atoms with E-state index in [0.29, 0.717) is 0 Å². The molecule has 0 aromatic heterocycles. The van der Waals surface area contributed by atoms with Crippen LogP contribution in [0.1, 0.15) is 24.4 Å². The molecule has 3 nitrogen and oxygen atoms in total. The van der Waals surface area contributed by atoms with E-state index in [1.54, 1.807) is 7.11 Å². The number of hydrogen-bond donors (Lipinski definition) is 1. The van der Waals surface area contributed by atoms with E-state index in [2.05, 4.69) is 40.0 Å². The highest BCUT2D eigenvalue weighted by molar-refractivity contribution is 9.10. The van der Waals surface area contributed by atoms with Gasteiger partial charge in [-0.2, -0.15) is 0 Å². The Labute approximate surface area is 118 Å². The van der Waals surface area contributed by atoms with Crippen molar-refractivity contribution in [2.75, 3.05) is 33.9 Å². The number of ether oxygens (including phenoxy) is 1. The molecule has 0 saturated heterocycles. The molecule has 0 spiro atoms. The zero-order chi connectivity index (χ0) is 13.4. The van der Waals surface area contributed by atoms with Crippen molar-refractivity contribution in [2.24, 2.45) is 5.73 Å². The molecular formula is C14H23BrN2O. The lowest BCUT2D eigenvalue weighted by molar-refractivity contribution is 0.178. The highest BCUT2D eigenvalue weighted by Gasteiger charge is 2.07. The number of nitrogens with zero attached hydrogens (tertiary/aromatic N) is 1. The Morgan fingerprint density at radius 1 is 1.28 bits per heavy atom. The van der Waals surface area contributed by atoms with Crippen LogP contribution >= 0.6 is 15.9 Å². The topological polar surface area (TPSA) is 38.5 Å². The molecule has 0 radical (unpaired) electrons. The van der Waals surface area contributed by atoms with Crippen LogP contribution in [0.2, 0.25) is 0 Å². The van der Waals surface area contributed by atoms with E-state index in [1.807, 2.05) is 12.1 Å². The fourth-order valence-electron chi connectivity index (χ4n) is 1.83. The van der Waals surface area contributed by atoms with Crippen LogP contribution in [-0.2, 0) is 4.74 Å². The van der Waals surface area contributed by atoms with Crippen LogP contribution in [0.4, 0.5) is 0 Å². The van der Waals surface area contributed by atoms with E-state index in [-0.39, 0.29) is 6.04 Å². The van der Waals surface area contributed by atoms with Gasteiger partial charge in [-0.3, -0.25) is 0 Å². The third-order valence-corrected chi connectivity index (χ3v) is 3.54. The summed E-state index contributed by atoms with van der Waals surface area (Å²) in [6.45, 7) is 2.89. The van der Waals surface area contributed by atoms with Crippen molar-refractivity contribution in [3.05, 3.63) is 34.3 Å². The molecule has 2 N–H and O–H groups in total. The summed E-state index contributed by atoms with van der Waals surface area (Å²) < 4.78 is 6.14. The van der Waals surface area contributed by atoms with Crippen molar-refractivity contribution in [1.29, 1.82) is 0 Å². The quantitative estimate of drug-likeness (QED) is 0.750. The third kappa shape index (κ3) is 5.96. The average Bonchev–Trinajstić information content (AvgIpc) is 2.37. The summed E-state index contributed by atoms with van der Waals surface area (Å²) in [6, 6.07) is 8.36. The Morgan fingerprint density at radius 2 is 1.94 bits per heavy atom. The highest BCUT2D eigenvalue weighted by atomic mass is 79.9. The van der Waals surface area contributed by atoms with Gasteiger partial charge in [0.05, 0.1) is 0 Å². The van der Waals surface area contributed by atoms with Gasteiger partial charge >= 0.3 is 0 Å². The lowest BCUT2D eigenvalue weighted by atomic mass is 10.0. The molecule has 1 aromatic rings. The van der Waals surface area contributed by atoms with Crippen LogP contribution in [0.3, 0.4) is 0 Å². The largest absolute Gasteiger partial charge is 0.385 e. The van der Waals surface area contributed by atoms with Gasteiger partial charge in [-0.15, -0.1) is 0 Å². The molecule has 0 aliphatic carbocycles. The molecule has 18 heavy (non-hydrogen) atoms. The summed E-state index contributed by atoms with van der Waals surface area (Å²) in [5, 5.41) is 0. The Bertz CT molecular complexity index is 329. The van der Waals surface area contributed by atoms with Crippen molar-refractivity contribution in [2.45, 2.75) is 18.9 Å². The molecule has 0 aliphatic rings. The summed E-state index contributed by atoms with van der Waals surface area (Å²) in [5.74, 6) is 0. The average molecular weight is 315 g/mol. The molecule has 0 saturated carbocycles. The molecule has 4 heteroatoms. The van der Waals surface area contributed by atoms with Gasteiger partial charge in [0.25, 0.3) is 0 Å². The molecule has 0 fully saturated rings. The maximum absolute atomic E-state index is 6.18. The standard InChI is InChI=1S/C14H23BrN2O/c1-17(9-3-11-18-2)10-8-14(16)12-4-6-13(15)7-5-12/h4-7,14H,3,8-11,16H2,1-2H3. The van der Waals surface area contributed by atoms with Crippen LogP contribution in [0.25, 0.3) is 0 Å². The lowest BCUT2D eigenvalue weighted by Crippen LogP contribution is -2.25. The van der Waals surface area contributed by atoms with Crippen molar-refractivity contribution in [1.82, 2.24) is 4.90 Å². The van der Waals surface area contributed by atoms with Crippen molar-refractivity contribution >= 4 is 15.9 Å². The Morgan fingerprint density at radius 3 is 2.56 bits per heavy atom. The van der Waals surface area contributed by atoms with Gasteiger partial charge in [0, 0.05) is 30.8 Å². The number of rotatable bonds is 8. The lowest BCUT2D eigenvalue weighted by Gasteiger charge is -2.19.